The van der Waals surface area contributed by atoms with E-state index in [1.54, 1.807) is 0 Å². The lowest BCUT2D eigenvalue weighted by Crippen LogP contribution is -2.52. The van der Waals surface area contributed by atoms with E-state index in [0.717, 1.165) is 51.4 Å². The van der Waals surface area contributed by atoms with Crippen LogP contribution in [0.1, 0.15) is 124 Å². The predicted molar refractivity (Wildman–Crippen MR) is 140 cm³/mol. The van der Waals surface area contributed by atoms with Gasteiger partial charge in [-0.3, -0.25) is 4.79 Å². The largest absolute Gasteiger partial charge is 0.508 e. The van der Waals surface area contributed by atoms with Crippen LogP contribution in [0.25, 0.3) is 0 Å². The highest BCUT2D eigenvalue weighted by Crippen LogP contribution is 2.64. The summed E-state index contributed by atoms with van der Waals surface area (Å²) in [5.41, 5.74) is 1.50. The Bertz CT molecular complexity index is 757. The fourth-order valence-electron chi connectivity index (χ4n) is 8.61. The van der Waals surface area contributed by atoms with E-state index in [0.29, 0.717) is 42.0 Å². The van der Waals surface area contributed by atoms with Crippen molar-refractivity contribution in [3.63, 3.8) is 0 Å². The second kappa shape index (κ2) is 12.3. The van der Waals surface area contributed by atoms with Gasteiger partial charge in [0.15, 0.2) is 5.78 Å². The number of ether oxygens (including phenoxy) is 2. The van der Waals surface area contributed by atoms with Crippen molar-refractivity contribution in [1.82, 2.24) is 0 Å². The summed E-state index contributed by atoms with van der Waals surface area (Å²) in [6, 6.07) is 0. The Morgan fingerprint density at radius 1 is 0.971 bits per heavy atom. The average Bonchev–Trinajstić information content (AvgIpc) is 3.17. The number of hydrogen-bond acceptors (Lipinski definition) is 4. The van der Waals surface area contributed by atoms with Gasteiger partial charge in [-0.15, -0.1) is 0 Å². The van der Waals surface area contributed by atoms with E-state index >= 15 is 0 Å². The van der Waals surface area contributed by atoms with E-state index in [1.165, 1.54) is 56.9 Å². The molecule has 4 heteroatoms. The highest BCUT2D eigenvalue weighted by molar-refractivity contribution is 5.91. The third-order valence-electron chi connectivity index (χ3n) is 10.3. The number of carbonyl (C=O) groups is 2. The molecule has 0 radical (unpaired) electrons. The monoisotopic (exact) mass is 486 g/mol. The van der Waals surface area contributed by atoms with E-state index in [4.69, 9.17) is 9.47 Å². The van der Waals surface area contributed by atoms with E-state index < -0.39 is 6.16 Å². The third kappa shape index (κ3) is 5.99. The zero-order valence-corrected chi connectivity index (χ0v) is 22.7. The summed E-state index contributed by atoms with van der Waals surface area (Å²) in [5, 5.41) is 0. The zero-order chi connectivity index (χ0) is 24.8. The summed E-state index contributed by atoms with van der Waals surface area (Å²) >= 11 is 0. The molecule has 198 valence electrons. The summed E-state index contributed by atoms with van der Waals surface area (Å²) in [4.78, 5) is 24.6. The number of carbonyl (C=O) groups excluding carboxylic acids is 2. The van der Waals surface area contributed by atoms with Gasteiger partial charge in [0.05, 0.1) is 6.61 Å². The first-order valence-electron chi connectivity index (χ1n) is 15.0. The molecule has 0 amide bonds. The van der Waals surface area contributed by atoms with Crippen LogP contribution < -0.4 is 0 Å². The predicted octanol–water partition coefficient (Wildman–Crippen LogP) is 8.43. The molecule has 0 aromatic carbocycles. The Labute approximate surface area is 214 Å². The molecule has 0 spiro atoms. The van der Waals surface area contributed by atoms with Gasteiger partial charge in [-0.05, 0) is 80.6 Å². The molecule has 4 rings (SSSR count). The lowest BCUT2D eigenvalue weighted by Gasteiger charge is -2.57. The molecule has 0 aromatic heterocycles. The fraction of sp³-hybridized carbons (Fsp3) is 0.871. The molecule has 0 aromatic rings. The number of fused-ring (bicyclic) bond motifs is 5. The summed E-state index contributed by atoms with van der Waals surface area (Å²) in [6.07, 6.45) is 20.0. The van der Waals surface area contributed by atoms with Gasteiger partial charge in [-0.25, -0.2) is 4.79 Å². The van der Waals surface area contributed by atoms with E-state index in [-0.39, 0.29) is 11.5 Å². The van der Waals surface area contributed by atoms with Crippen LogP contribution in [-0.4, -0.2) is 24.6 Å². The Morgan fingerprint density at radius 3 is 2.46 bits per heavy atom. The van der Waals surface area contributed by atoms with Crippen molar-refractivity contribution in [2.24, 2.45) is 35.0 Å². The van der Waals surface area contributed by atoms with Gasteiger partial charge in [0, 0.05) is 11.8 Å². The van der Waals surface area contributed by atoms with Gasteiger partial charge in [0.25, 0.3) is 0 Å². The molecule has 0 N–H and O–H groups in total. The number of ketones is 1. The molecular formula is C31H50O4. The van der Waals surface area contributed by atoms with Crippen LogP contribution in [0.2, 0.25) is 0 Å². The van der Waals surface area contributed by atoms with Gasteiger partial charge in [0.1, 0.15) is 6.10 Å². The molecule has 35 heavy (non-hydrogen) atoms. The smallest absolute Gasteiger partial charge is 0.434 e. The molecule has 7 atom stereocenters. The van der Waals surface area contributed by atoms with Crippen molar-refractivity contribution < 1.29 is 19.1 Å². The molecule has 4 nitrogen and oxygen atoms in total. The highest BCUT2D eigenvalue weighted by Gasteiger charge is 2.60. The van der Waals surface area contributed by atoms with Crippen molar-refractivity contribution in [2.75, 3.05) is 6.61 Å². The van der Waals surface area contributed by atoms with Crippen LogP contribution >= 0.6 is 0 Å². The maximum absolute atomic E-state index is 12.6. The minimum absolute atomic E-state index is 0.0153. The second-order valence-corrected chi connectivity index (χ2v) is 12.4. The van der Waals surface area contributed by atoms with Gasteiger partial charge in [-0.1, -0.05) is 77.7 Å². The minimum atomic E-state index is -0.449. The Hall–Kier alpha value is -1.32. The standard InChI is InChI=1S/C31H50O4/c1-4-6-7-8-9-10-11-12-19-34-30(33)35-28-18-17-27-26-15-13-23-20-24(32)14-16-25(23)29(26)22(5-2)21-31(27,28)3/h20,22,25-29H,4-19,21H2,1-3H3/t22-,25-,26-,27-,28-,29+,31-/m0/s1. The Morgan fingerprint density at radius 2 is 1.71 bits per heavy atom. The molecule has 0 unspecified atom stereocenters. The van der Waals surface area contributed by atoms with Crippen molar-refractivity contribution in [3.8, 4) is 0 Å². The molecule has 3 fully saturated rings. The first-order chi connectivity index (χ1) is 17.0. The Kier molecular flexibility index (Phi) is 9.38. The van der Waals surface area contributed by atoms with Crippen LogP contribution in [-0.2, 0) is 14.3 Å². The van der Waals surface area contributed by atoms with Gasteiger partial charge in [-0.2, -0.15) is 0 Å². The maximum atomic E-state index is 12.6. The quantitative estimate of drug-likeness (QED) is 0.217. The lowest BCUT2D eigenvalue weighted by molar-refractivity contribution is -0.117. The highest BCUT2D eigenvalue weighted by atomic mass is 16.7. The maximum Gasteiger partial charge on any atom is 0.508 e. The number of allylic oxidation sites excluding steroid dienone is 1. The molecule has 4 aliphatic carbocycles. The third-order valence-corrected chi connectivity index (χ3v) is 10.3. The van der Waals surface area contributed by atoms with Crippen molar-refractivity contribution >= 4 is 11.9 Å². The summed E-state index contributed by atoms with van der Waals surface area (Å²) < 4.78 is 11.5. The summed E-state index contributed by atoms with van der Waals surface area (Å²) in [5.74, 6) is 3.64. The second-order valence-electron chi connectivity index (χ2n) is 12.4. The molecule has 3 saturated carbocycles. The van der Waals surface area contributed by atoms with Gasteiger partial charge >= 0.3 is 6.16 Å². The molecule has 0 bridgehead atoms. The number of unbranched alkanes of at least 4 members (excludes halogenated alkanes) is 7. The topological polar surface area (TPSA) is 52.6 Å². The van der Waals surface area contributed by atoms with Crippen LogP contribution in [0.5, 0.6) is 0 Å². The fourth-order valence-corrected chi connectivity index (χ4v) is 8.61. The molecule has 4 aliphatic rings. The van der Waals surface area contributed by atoms with Crippen molar-refractivity contribution in [2.45, 2.75) is 130 Å². The van der Waals surface area contributed by atoms with E-state index in [9.17, 15) is 9.59 Å². The Balaban J connectivity index is 1.27. The molecular weight excluding hydrogens is 436 g/mol. The molecule has 0 heterocycles. The van der Waals surface area contributed by atoms with Crippen molar-refractivity contribution in [3.05, 3.63) is 11.6 Å². The number of hydrogen-bond donors (Lipinski definition) is 0. The van der Waals surface area contributed by atoms with E-state index in [1.807, 2.05) is 6.08 Å². The molecule has 0 aliphatic heterocycles. The van der Waals surface area contributed by atoms with Gasteiger partial charge in [0.2, 0.25) is 0 Å². The van der Waals surface area contributed by atoms with E-state index in [2.05, 4.69) is 20.8 Å². The number of rotatable bonds is 11. The molecule has 0 saturated heterocycles. The van der Waals surface area contributed by atoms with Crippen LogP contribution in [0.15, 0.2) is 11.6 Å². The van der Waals surface area contributed by atoms with Crippen molar-refractivity contribution in [1.29, 1.82) is 0 Å². The van der Waals surface area contributed by atoms with Gasteiger partial charge < -0.3 is 9.47 Å². The van der Waals surface area contributed by atoms with Crippen LogP contribution in [0.3, 0.4) is 0 Å². The van der Waals surface area contributed by atoms with Crippen LogP contribution in [0, 0.1) is 35.0 Å². The van der Waals surface area contributed by atoms with Crippen LogP contribution in [0.4, 0.5) is 4.79 Å². The summed E-state index contributed by atoms with van der Waals surface area (Å²) in [7, 11) is 0. The normalized spacial score (nSPS) is 36.1. The summed E-state index contributed by atoms with van der Waals surface area (Å²) in [6.45, 7) is 7.47. The lowest BCUT2D eigenvalue weighted by atomic mass is 9.48. The minimum Gasteiger partial charge on any atom is -0.434 e. The first-order valence-corrected chi connectivity index (χ1v) is 15.0. The average molecular weight is 487 g/mol. The first kappa shape index (κ1) is 26.7. The zero-order valence-electron chi connectivity index (χ0n) is 22.7. The SMILES string of the molecule is CCCCCCCCCCOC(=O)O[C@H]1CC[C@H]2[C@@H]3CCC4=CC(=O)CC[C@@H]4[C@H]3[C@@H](CC)C[C@]12C.